The maximum atomic E-state index is 12.2. The number of benzene rings is 2. The number of ether oxygens (including phenoxy) is 1. The third-order valence-corrected chi connectivity index (χ3v) is 3.55. The zero-order valence-corrected chi connectivity index (χ0v) is 12.8. The summed E-state index contributed by atoms with van der Waals surface area (Å²) in [5.74, 6) is 0.602. The molecule has 0 saturated carbocycles. The minimum Gasteiger partial charge on any atom is -0.496 e. The van der Waals surface area contributed by atoms with E-state index in [2.05, 4.69) is 15.3 Å². The van der Waals surface area contributed by atoms with Gasteiger partial charge in [-0.2, -0.15) is 0 Å². The molecule has 3 aromatic rings. The van der Waals surface area contributed by atoms with Gasteiger partial charge in [-0.1, -0.05) is 30.3 Å². The molecule has 1 aromatic heterocycles. The van der Waals surface area contributed by atoms with Crippen LogP contribution in [0.3, 0.4) is 0 Å². The quantitative estimate of drug-likeness (QED) is 0.787. The monoisotopic (exact) mass is 307 g/mol. The van der Waals surface area contributed by atoms with Crippen LogP contribution in [0.5, 0.6) is 5.75 Å². The average Bonchev–Trinajstić information content (AvgIpc) is 2.61. The Kier molecular flexibility index (Phi) is 4.47. The van der Waals surface area contributed by atoms with Crippen LogP contribution in [0.4, 0.5) is 0 Å². The van der Waals surface area contributed by atoms with Crippen LogP contribution in [0.25, 0.3) is 11.0 Å². The van der Waals surface area contributed by atoms with Crippen molar-refractivity contribution in [2.45, 2.75) is 6.42 Å². The number of rotatable bonds is 5. The molecule has 0 bridgehead atoms. The van der Waals surface area contributed by atoms with Gasteiger partial charge in [0.25, 0.3) is 5.91 Å². The summed E-state index contributed by atoms with van der Waals surface area (Å²) < 4.78 is 5.30. The van der Waals surface area contributed by atoms with Crippen LogP contribution in [-0.2, 0) is 6.42 Å². The number of carbonyl (C=O) groups excluding carboxylic acids is 1. The van der Waals surface area contributed by atoms with Gasteiger partial charge in [0.05, 0.1) is 24.3 Å². The fourth-order valence-electron chi connectivity index (χ4n) is 2.38. The molecule has 116 valence electrons. The maximum absolute atomic E-state index is 12.2. The Bertz CT molecular complexity index is 833. The van der Waals surface area contributed by atoms with Crippen molar-refractivity contribution >= 4 is 16.9 Å². The Balaban J connectivity index is 1.64. The lowest BCUT2D eigenvalue weighted by Crippen LogP contribution is -2.26. The molecule has 1 heterocycles. The third kappa shape index (κ3) is 3.45. The molecule has 0 radical (unpaired) electrons. The van der Waals surface area contributed by atoms with Gasteiger partial charge in [-0.25, -0.2) is 4.98 Å². The summed E-state index contributed by atoms with van der Waals surface area (Å²) >= 11 is 0. The van der Waals surface area contributed by atoms with Crippen molar-refractivity contribution < 1.29 is 9.53 Å². The minimum absolute atomic E-state index is 0.224. The van der Waals surface area contributed by atoms with Gasteiger partial charge >= 0.3 is 0 Å². The lowest BCUT2D eigenvalue weighted by molar-refractivity contribution is 0.0949. The first-order valence-electron chi connectivity index (χ1n) is 7.40. The zero-order chi connectivity index (χ0) is 16.1. The van der Waals surface area contributed by atoms with E-state index in [-0.39, 0.29) is 5.91 Å². The number of nitrogens with one attached hydrogen (secondary N) is 1. The van der Waals surface area contributed by atoms with Crippen LogP contribution < -0.4 is 10.1 Å². The Morgan fingerprint density at radius 1 is 1.09 bits per heavy atom. The molecule has 0 aliphatic carbocycles. The molecule has 5 heteroatoms. The number of para-hydroxylation sites is 3. The van der Waals surface area contributed by atoms with Gasteiger partial charge in [0.1, 0.15) is 11.4 Å². The van der Waals surface area contributed by atoms with Crippen molar-refractivity contribution in [1.82, 2.24) is 15.3 Å². The van der Waals surface area contributed by atoms with E-state index in [4.69, 9.17) is 4.74 Å². The second-order valence-corrected chi connectivity index (χ2v) is 5.06. The number of hydrogen-bond acceptors (Lipinski definition) is 4. The first-order chi connectivity index (χ1) is 11.3. The lowest BCUT2D eigenvalue weighted by Gasteiger charge is -2.09. The Morgan fingerprint density at radius 2 is 1.83 bits per heavy atom. The van der Waals surface area contributed by atoms with Crippen molar-refractivity contribution in [2.75, 3.05) is 13.7 Å². The second-order valence-electron chi connectivity index (χ2n) is 5.06. The summed E-state index contributed by atoms with van der Waals surface area (Å²) in [6.45, 7) is 0.508. The van der Waals surface area contributed by atoms with Crippen molar-refractivity contribution in [3.63, 3.8) is 0 Å². The summed E-state index contributed by atoms with van der Waals surface area (Å²) in [6.07, 6.45) is 2.19. The highest BCUT2D eigenvalue weighted by Gasteiger charge is 2.09. The van der Waals surface area contributed by atoms with Crippen LogP contribution >= 0.6 is 0 Å². The maximum Gasteiger partial charge on any atom is 0.271 e. The molecule has 3 rings (SSSR count). The highest BCUT2D eigenvalue weighted by molar-refractivity contribution is 5.93. The van der Waals surface area contributed by atoms with Gasteiger partial charge < -0.3 is 10.1 Å². The molecular weight excluding hydrogens is 290 g/mol. The normalized spacial score (nSPS) is 10.5. The van der Waals surface area contributed by atoms with Gasteiger partial charge in [0, 0.05) is 6.54 Å². The minimum atomic E-state index is -0.224. The highest BCUT2D eigenvalue weighted by Crippen LogP contribution is 2.17. The van der Waals surface area contributed by atoms with Crippen LogP contribution in [0, 0.1) is 0 Å². The van der Waals surface area contributed by atoms with Crippen LogP contribution in [-0.4, -0.2) is 29.5 Å². The molecule has 23 heavy (non-hydrogen) atoms. The number of hydrogen-bond donors (Lipinski definition) is 1. The number of amides is 1. The summed E-state index contributed by atoms with van der Waals surface area (Å²) in [4.78, 5) is 20.8. The van der Waals surface area contributed by atoms with Crippen LogP contribution in [0.1, 0.15) is 16.1 Å². The molecule has 0 fully saturated rings. The average molecular weight is 307 g/mol. The van der Waals surface area contributed by atoms with E-state index in [0.29, 0.717) is 24.2 Å². The van der Waals surface area contributed by atoms with Crippen molar-refractivity contribution in [3.05, 3.63) is 66.0 Å². The van der Waals surface area contributed by atoms with Gasteiger partial charge in [0.15, 0.2) is 0 Å². The third-order valence-electron chi connectivity index (χ3n) is 3.55. The first-order valence-corrected chi connectivity index (χ1v) is 7.40. The summed E-state index contributed by atoms with van der Waals surface area (Å²) in [6, 6.07) is 15.2. The van der Waals surface area contributed by atoms with Gasteiger partial charge in [-0.15, -0.1) is 0 Å². The van der Waals surface area contributed by atoms with E-state index < -0.39 is 0 Å². The topological polar surface area (TPSA) is 64.1 Å². The molecule has 0 spiro atoms. The van der Waals surface area contributed by atoms with Gasteiger partial charge in [0.2, 0.25) is 0 Å². The molecule has 0 unspecified atom stereocenters. The number of nitrogens with zero attached hydrogens (tertiary/aromatic N) is 2. The molecule has 1 N–H and O–H groups in total. The fourth-order valence-corrected chi connectivity index (χ4v) is 2.38. The Morgan fingerprint density at radius 3 is 2.65 bits per heavy atom. The zero-order valence-electron chi connectivity index (χ0n) is 12.8. The standard InChI is InChI=1S/C18H17N3O2/c1-23-17-9-5-2-6-13(17)10-11-19-18(22)16-12-20-14-7-3-4-8-15(14)21-16/h2-9,12H,10-11H2,1H3,(H,19,22). The molecule has 0 aliphatic heterocycles. The summed E-state index contributed by atoms with van der Waals surface area (Å²) in [5, 5.41) is 2.87. The molecule has 0 aliphatic rings. The Labute approximate surface area is 134 Å². The van der Waals surface area contributed by atoms with E-state index in [9.17, 15) is 4.79 Å². The van der Waals surface area contributed by atoms with E-state index in [1.165, 1.54) is 6.20 Å². The highest BCUT2D eigenvalue weighted by atomic mass is 16.5. The van der Waals surface area contributed by atoms with E-state index in [0.717, 1.165) is 16.8 Å². The largest absolute Gasteiger partial charge is 0.496 e. The van der Waals surface area contributed by atoms with Crippen LogP contribution in [0.2, 0.25) is 0 Å². The molecule has 1 amide bonds. The lowest BCUT2D eigenvalue weighted by atomic mass is 10.1. The number of fused-ring (bicyclic) bond motifs is 1. The van der Waals surface area contributed by atoms with Crippen molar-refractivity contribution in [2.24, 2.45) is 0 Å². The van der Waals surface area contributed by atoms with E-state index in [1.54, 1.807) is 7.11 Å². The molecular formula is C18H17N3O2. The van der Waals surface area contributed by atoms with Gasteiger partial charge in [-0.3, -0.25) is 9.78 Å². The summed E-state index contributed by atoms with van der Waals surface area (Å²) in [5.41, 5.74) is 2.87. The van der Waals surface area contributed by atoms with E-state index >= 15 is 0 Å². The molecule has 2 aromatic carbocycles. The Hall–Kier alpha value is -2.95. The molecule has 0 atom stereocenters. The number of aromatic nitrogens is 2. The fraction of sp³-hybridized carbons (Fsp3) is 0.167. The predicted octanol–water partition coefficient (Wildman–Crippen LogP) is 2.61. The second kappa shape index (κ2) is 6.87. The number of methoxy groups -OCH3 is 1. The smallest absolute Gasteiger partial charge is 0.271 e. The predicted molar refractivity (Wildman–Crippen MR) is 88.6 cm³/mol. The summed E-state index contributed by atoms with van der Waals surface area (Å²) in [7, 11) is 1.64. The van der Waals surface area contributed by atoms with Gasteiger partial charge in [-0.05, 0) is 30.2 Å². The molecule has 5 nitrogen and oxygen atoms in total. The SMILES string of the molecule is COc1ccccc1CCNC(=O)c1cnc2ccccc2n1. The van der Waals surface area contributed by atoms with Crippen LogP contribution in [0.15, 0.2) is 54.7 Å². The van der Waals surface area contributed by atoms with Crippen molar-refractivity contribution in [1.29, 1.82) is 0 Å². The van der Waals surface area contributed by atoms with E-state index in [1.807, 2.05) is 48.5 Å². The number of carbonyl (C=O) groups is 1. The molecule has 0 saturated heterocycles. The first kappa shape index (κ1) is 15.0. The van der Waals surface area contributed by atoms with Crippen molar-refractivity contribution in [3.8, 4) is 5.75 Å².